The second-order valence-corrected chi connectivity index (χ2v) is 6.55. The van der Waals surface area contributed by atoms with E-state index in [9.17, 15) is 4.79 Å². The number of aliphatic hydroxyl groups is 1. The highest BCUT2D eigenvalue weighted by Gasteiger charge is 2.28. The number of β-amino-alcohol motifs (C(OH)–C–C–N with tert-alkyl or cyclic N) is 1. The Morgan fingerprint density at radius 1 is 1.19 bits per heavy atom. The van der Waals surface area contributed by atoms with Crippen LogP contribution in [0, 0.1) is 0 Å². The number of hydrogen-bond acceptors (Lipinski definition) is 8. The molecule has 0 atom stereocenters. The van der Waals surface area contributed by atoms with Gasteiger partial charge < -0.3 is 20.8 Å². The zero-order chi connectivity index (χ0) is 19.6. The van der Waals surface area contributed by atoms with Crippen molar-refractivity contribution in [2.24, 2.45) is 5.73 Å². The summed E-state index contributed by atoms with van der Waals surface area (Å²) in [6.45, 7) is 6.81. The first-order valence-corrected chi connectivity index (χ1v) is 9.11. The minimum atomic E-state index is -0.542. The number of aliphatic hydroxyl groups excluding tert-OH is 1. The number of carboxylic acid groups (broad SMARTS) is 1. The predicted molar refractivity (Wildman–Crippen MR) is 99.6 cm³/mol. The fourth-order valence-electron chi connectivity index (χ4n) is 3.58. The molecule has 10 nitrogen and oxygen atoms in total. The van der Waals surface area contributed by atoms with Crippen molar-refractivity contribution in [1.82, 2.24) is 19.8 Å². The van der Waals surface area contributed by atoms with Crippen LogP contribution in [0.4, 0.5) is 5.82 Å². The highest BCUT2D eigenvalue weighted by molar-refractivity contribution is 5.90. The van der Waals surface area contributed by atoms with Gasteiger partial charge in [0.1, 0.15) is 11.5 Å². The van der Waals surface area contributed by atoms with Crippen LogP contribution in [0.2, 0.25) is 0 Å². The Labute approximate surface area is 158 Å². The summed E-state index contributed by atoms with van der Waals surface area (Å²) in [5.41, 5.74) is 5.50. The topological polar surface area (TPSA) is 136 Å². The number of nitrogens with two attached hydrogens (primary N) is 1. The largest absolute Gasteiger partial charge is 0.483 e. The van der Waals surface area contributed by atoms with E-state index in [1.54, 1.807) is 6.20 Å². The highest BCUT2D eigenvalue weighted by atomic mass is 16.3. The van der Waals surface area contributed by atoms with Crippen LogP contribution in [0.15, 0.2) is 12.4 Å². The van der Waals surface area contributed by atoms with E-state index < -0.39 is 5.91 Å². The third-order valence-corrected chi connectivity index (χ3v) is 5.00. The first-order chi connectivity index (χ1) is 13.1. The lowest BCUT2D eigenvalue weighted by molar-refractivity contribution is -0.122. The van der Waals surface area contributed by atoms with Crippen LogP contribution < -0.4 is 10.6 Å². The van der Waals surface area contributed by atoms with Gasteiger partial charge in [-0.1, -0.05) is 0 Å². The second kappa shape index (κ2) is 10.8. The molecule has 2 saturated heterocycles. The Hall–Kier alpha value is -2.30. The third-order valence-electron chi connectivity index (χ3n) is 5.00. The molecule has 0 aliphatic carbocycles. The van der Waals surface area contributed by atoms with E-state index >= 15 is 0 Å². The number of amides is 1. The van der Waals surface area contributed by atoms with Crippen molar-refractivity contribution in [3.8, 4) is 0 Å². The van der Waals surface area contributed by atoms with E-state index in [0.29, 0.717) is 6.04 Å². The summed E-state index contributed by atoms with van der Waals surface area (Å²) in [4.78, 5) is 35.0. The molecular formula is C17H28N6O4. The molecule has 2 fully saturated rings. The Bertz CT molecular complexity index is 601. The number of primary amides is 1. The summed E-state index contributed by atoms with van der Waals surface area (Å²) in [5.74, 6) is 0.192. The molecule has 0 radical (unpaired) electrons. The first kappa shape index (κ1) is 21.0. The number of piperidine rings is 1. The summed E-state index contributed by atoms with van der Waals surface area (Å²) < 4.78 is 0. The van der Waals surface area contributed by atoms with Crippen LogP contribution in [0.5, 0.6) is 0 Å². The summed E-state index contributed by atoms with van der Waals surface area (Å²) in [7, 11) is 0. The lowest BCUT2D eigenvalue weighted by atomic mass is 10.0. The summed E-state index contributed by atoms with van der Waals surface area (Å²) in [6.07, 6.45) is 5.27. The van der Waals surface area contributed by atoms with Crippen molar-refractivity contribution in [2.75, 3.05) is 57.3 Å². The molecule has 2 aliphatic heterocycles. The molecule has 0 spiro atoms. The minimum Gasteiger partial charge on any atom is -0.483 e. The molecule has 2 aliphatic rings. The molecule has 150 valence electrons. The van der Waals surface area contributed by atoms with Gasteiger partial charge in [0.05, 0.1) is 19.0 Å². The molecule has 10 heteroatoms. The number of carbonyl (C=O) groups is 2. The molecule has 1 amide bonds. The molecule has 0 unspecified atom stereocenters. The van der Waals surface area contributed by atoms with E-state index in [1.807, 2.05) is 0 Å². The average Bonchev–Trinajstić information content (AvgIpc) is 2.70. The number of anilines is 1. The lowest BCUT2D eigenvalue weighted by Crippen LogP contribution is -2.53. The number of hydrogen-bond donors (Lipinski definition) is 3. The number of aromatic nitrogens is 2. The van der Waals surface area contributed by atoms with Crippen LogP contribution in [0.3, 0.4) is 0 Å². The third kappa shape index (κ3) is 6.12. The Balaban J connectivity index is 0.000000817. The quantitative estimate of drug-likeness (QED) is 0.541. The fraction of sp³-hybridized carbons (Fsp3) is 0.647. The van der Waals surface area contributed by atoms with Crippen molar-refractivity contribution in [2.45, 2.75) is 18.9 Å². The van der Waals surface area contributed by atoms with Crippen molar-refractivity contribution in [1.29, 1.82) is 0 Å². The maximum atomic E-state index is 11.2. The van der Waals surface area contributed by atoms with Crippen LogP contribution in [0.1, 0.15) is 23.3 Å². The average molecular weight is 380 g/mol. The Morgan fingerprint density at radius 2 is 1.81 bits per heavy atom. The van der Waals surface area contributed by atoms with Gasteiger partial charge in [-0.2, -0.15) is 0 Å². The maximum absolute atomic E-state index is 11.2. The maximum Gasteiger partial charge on any atom is 0.290 e. The summed E-state index contributed by atoms with van der Waals surface area (Å²) in [5, 5.41) is 15.9. The van der Waals surface area contributed by atoms with Crippen molar-refractivity contribution in [3.05, 3.63) is 18.1 Å². The smallest absolute Gasteiger partial charge is 0.290 e. The summed E-state index contributed by atoms with van der Waals surface area (Å²) >= 11 is 0. The monoisotopic (exact) mass is 380 g/mol. The van der Waals surface area contributed by atoms with Gasteiger partial charge in [0.2, 0.25) is 0 Å². The zero-order valence-electron chi connectivity index (χ0n) is 15.4. The van der Waals surface area contributed by atoms with Gasteiger partial charge in [0, 0.05) is 51.9 Å². The van der Waals surface area contributed by atoms with Crippen molar-refractivity contribution >= 4 is 18.2 Å². The normalized spacial score (nSPS) is 19.2. The van der Waals surface area contributed by atoms with Crippen molar-refractivity contribution in [3.63, 3.8) is 0 Å². The fourth-order valence-corrected chi connectivity index (χ4v) is 3.58. The van der Waals surface area contributed by atoms with Gasteiger partial charge in [0.15, 0.2) is 0 Å². The van der Waals surface area contributed by atoms with Gasteiger partial charge in [-0.3, -0.25) is 24.4 Å². The second-order valence-electron chi connectivity index (χ2n) is 6.55. The van der Waals surface area contributed by atoms with E-state index in [1.165, 1.54) is 6.20 Å². The minimum absolute atomic E-state index is 0.217. The van der Waals surface area contributed by atoms with E-state index in [-0.39, 0.29) is 18.8 Å². The van der Waals surface area contributed by atoms with E-state index in [4.69, 9.17) is 20.7 Å². The van der Waals surface area contributed by atoms with Gasteiger partial charge in [-0.25, -0.2) is 4.98 Å². The van der Waals surface area contributed by atoms with Crippen LogP contribution >= 0.6 is 0 Å². The van der Waals surface area contributed by atoms with E-state index in [2.05, 4.69) is 24.7 Å². The molecule has 1 aromatic rings. The van der Waals surface area contributed by atoms with Gasteiger partial charge in [-0.05, 0) is 12.8 Å². The SMILES string of the molecule is NC(=O)c1cncc(N2CCC(N3CCN(CCO)CC3)CC2)n1.O=CO. The van der Waals surface area contributed by atoms with Crippen LogP contribution in [-0.4, -0.2) is 101 Å². The predicted octanol–water partition coefficient (Wildman–Crippen LogP) is -1.14. The lowest BCUT2D eigenvalue weighted by Gasteiger charge is -2.42. The van der Waals surface area contributed by atoms with Gasteiger partial charge >= 0.3 is 0 Å². The molecule has 1 aromatic heterocycles. The zero-order valence-corrected chi connectivity index (χ0v) is 15.4. The molecule has 0 bridgehead atoms. The molecule has 4 N–H and O–H groups in total. The standard InChI is InChI=1S/C16H26N6O2.CH2O2/c17-16(24)14-11-18-12-15(19-14)22-3-1-13(2-4-22)21-7-5-20(6-8-21)9-10-23;2-1-3/h11-13,23H,1-10H2,(H2,17,24);1H,(H,2,3). The van der Waals surface area contributed by atoms with Crippen molar-refractivity contribution < 1.29 is 19.8 Å². The summed E-state index contributed by atoms with van der Waals surface area (Å²) in [6, 6.07) is 0.602. The Morgan fingerprint density at radius 3 is 2.37 bits per heavy atom. The highest BCUT2D eigenvalue weighted by Crippen LogP contribution is 2.21. The molecule has 27 heavy (non-hydrogen) atoms. The Kier molecular flexibility index (Phi) is 8.37. The number of nitrogens with zero attached hydrogens (tertiary/aromatic N) is 5. The van der Waals surface area contributed by atoms with E-state index in [0.717, 1.165) is 64.5 Å². The van der Waals surface area contributed by atoms with Crippen LogP contribution in [0.25, 0.3) is 0 Å². The molecule has 0 aromatic carbocycles. The first-order valence-electron chi connectivity index (χ1n) is 9.11. The number of piperazine rings is 1. The number of rotatable bonds is 5. The molecular weight excluding hydrogens is 352 g/mol. The molecule has 0 saturated carbocycles. The van der Waals surface area contributed by atoms with Crippen LogP contribution in [-0.2, 0) is 4.79 Å². The molecule has 3 heterocycles. The van der Waals surface area contributed by atoms with Gasteiger partial charge in [-0.15, -0.1) is 0 Å². The van der Waals surface area contributed by atoms with Gasteiger partial charge in [0.25, 0.3) is 12.4 Å². The number of carbonyl (C=O) groups excluding carboxylic acids is 1. The molecule has 3 rings (SSSR count).